The molecule has 7 nitrogen and oxygen atoms in total. The number of Topliss-reactive ketones (excluding diaryl/α,β-unsaturated/α-hetero) is 1. The van der Waals surface area contributed by atoms with Crippen LogP contribution >= 0.6 is 0 Å². The van der Waals surface area contributed by atoms with Crippen LogP contribution < -0.4 is 5.32 Å². The van der Waals surface area contributed by atoms with Crippen molar-refractivity contribution in [2.45, 2.75) is 31.7 Å². The van der Waals surface area contributed by atoms with Crippen molar-refractivity contribution < 1.29 is 23.9 Å². The first kappa shape index (κ1) is 15.4. The summed E-state index contributed by atoms with van der Waals surface area (Å²) >= 11 is 0. The molecule has 1 atom stereocenters. The lowest BCUT2D eigenvalue weighted by Crippen LogP contribution is -2.44. The van der Waals surface area contributed by atoms with Crippen LogP contribution in [0.5, 0.6) is 0 Å². The third-order valence-corrected chi connectivity index (χ3v) is 3.00. The number of rotatable bonds is 5. The van der Waals surface area contributed by atoms with Gasteiger partial charge in [-0.25, -0.2) is 4.79 Å². The Hall–Kier alpha value is -1.63. The van der Waals surface area contributed by atoms with Crippen LogP contribution in [0.4, 0.5) is 4.79 Å². The summed E-state index contributed by atoms with van der Waals surface area (Å²) in [7, 11) is 3.13. The first-order valence-electron chi connectivity index (χ1n) is 6.28. The van der Waals surface area contributed by atoms with Gasteiger partial charge < -0.3 is 19.7 Å². The zero-order valence-corrected chi connectivity index (χ0v) is 11.3. The van der Waals surface area contributed by atoms with Crippen LogP contribution in [0.15, 0.2) is 0 Å². The molecule has 1 amide bonds. The molecule has 0 heterocycles. The highest BCUT2D eigenvalue weighted by molar-refractivity contribution is 5.87. The summed E-state index contributed by atoms with van der Waals surface area (Å²) in [6, 6.07) is -0.422. The maximum atomic E-state index is 11.7. The average molecular weight is 272 g/mol. The topological polar surface area (TPSA) is 84.9 Å². The Bertz CT molecular complexity index is 345. The third-order valence-electron chi connectivity index (χ3n) is 3.00. The van der Waals surface area contributed by atoms with Gasteiger partial charge in [-0.05, 0) is 19.9 Å². The van der Waals surface area contributed by atoms with E-state index in [0.29, 0.717) is 12.8 Å². The number of amides is 1. The first-order valence-corrected chi connectivity index (χ1v) is 6.28. The predicted molar refractivity (Wildman–Crippen MR) is 66.4 cm³/mol. The van der Waals surface area contributed by atoms with E-state index in [1.165, 1.54) is 11.9 Å². The van der Waals surface area contributed by atoms with Crippen LogP contribution in [0.25, 0.3) is 0 Å². The minimum absolute atomic E-state index is 0.0501. The highest BCUT2D eigenvalue weighted by atomic mass is 16.7. The zero-order chi connectivity index (χ0) is 14.3. The van der Waals surface area contributed by atoms with Crippen molar-refractivity contribution >= 4 is 17.8 Å². The van der Waals surface area contributed by atoms with Gasteiger partial charge in [0.2, 0.25) is 6.79 Å². The molecule has 1 N–H and O–H groups in total. The van der Waals surface area contributed by atoms with Gasteiger partial charge in [0.25, 0.3) is 0 Å². The van der Waals surface area contributed by atoms with Gasteiger partial charge in [-0.15, -0.1) is 0 Å². The van der Waals surface area contributed by atoms with Crippen molar-refractivity contribution in [2.75, 3.05) is 27.4 Å². The number of carbonyl (C=O) groups is 3. The molecule has 0 saturated heterocycles. The summed E-state index contributed by atoms with van der Waals surface area (Å²) in [6.07, 6.45) is 2.30. The third kappa shape index (κ3) is 4.86. The maximum Gasteiger partial charge on any atom is 0.413 e. The van der Waals surface area contributed by atoms with Crippen LogP contribution in [0, 0.1) is 0 Å². The first-order chi connectivity index (χ1) is 9.06. The number of likely N-dealkylation sites (N-methyl/N-ethyl adjacent to an activating group) is 2. The molecule has 1 fully saturated rings. The minimum atomic E-state index is -0.655. The predicted octanol–water partition coefficient (Wildman–Crippen LogP) is 0.287. The summed E-state index contributed by atoms with van der Waals surface area (Å²) in [5.74, 6) is -0.454. The Morgan fingerprint density at radius 3 is 2.74 bits per heavy atom. The number of ether oxygens (including phenoxy) is 2. The molecule has 1 aliphatic rings. The molecule has 0 aromatic heterocycles. The molecule has 19 heavy (non-hydrogen) atoms. The Morgan fingerprint density at radius 2 is 2.11 bits per heavy atom. The van der Waals surface area contributed by atoms with Gasteiger partial charge >= 0.3 is 12.1 Å². The molecule has 0 radical (unpaired) electrons. The molecule has 1 saturated carbocycles. The number of nitrogens with one attached hydrogen (secondary N) is 1. The highest BCUT2D eigenvalue weighted by Crippen LogP contribution is 2.19. The van der Waals surface area contributed by atoms with E-state index in [-0.39, 0.29) is 12.3 Å². The average Bonchev–Trinajstić information content (AvgIpc) is 2.38. The number of hydrogen-bond acceptors (Lipinski definition) is 6. The van der Waals surface area contributed by atoms with Crippen molar-refractivity contribution in [3.05, 3.63) is 0 Å². The number of ketones is 1. The lowest BCUT2D eigenvalue weighted by molar-refractivity contribution is -0.151. The summed E-state index contributed by atoms with van der Waals surface area (Å²) in [4.78, 5) is 35.6. The molecule has 0 aromatic carbocycles. The van der Waals surface area contributed by atoms with Gasteiger partial charge in [0.1, 0.15) is 0 Å². The second-order valence-electron chi connectivity index (χ2n) is 4.41. The molecule has 7 heteroatoms. The maximum absolute atomic E-state index is 11.7. The monoisotopic (exact) mass is 272 g/mol. The molecule has 0 bridgehead atoms. The quantitative estimate of drug-likeness (QED) is 0.572. The SMILES string of the molecule is CNCC(=O)OCOC(=O)N(C)C1CCCCC1=O. The summed E-state index contributed by atoms with van der Waals surface area (Å²) in [5, 5.41) is 2.62. The minimum Gasteiger partial charge on any atom is -0.427 e. The molecular weight excluding hydrogens is 252 g/mol. The molecule has 108 valence electrons. The Labute approximate surface area is 112 Å². The van der Waals surface area contributed by atoms with Crippen LogP contribution in [0.2, 0.25) is 0 Å². The number of carbonyl (C=O) groups excluding carboxylic acids is 3. The fraction of sp³-hybridized carbons (Fsp3) is 0.750. The highest BCUT2D eigenvalue weighted by Gasteiger charge is 2.29. The van der Waals surface area contributed by atoms with Crippen molar-refractivity contribution in [3.63, 3.8) is 0 Å². The fourth-order valence-electron chi connectivity index (χ4n) is 1.94. The van der Waals surface area contributed by atoms with Crippen molar-refractivity contribution in [3.8, 4) is 0 Å². The molecule has 0 spiro atoms. The lowest BCUT2D eigenvalue weighted by Gasteiger charge is -2.29. The number of nitrogens with zero attached hydrogens (tertiary/aromatic N) is 1. The van der Waals surface area contributed by atoms with Crippen molar-refractivity contribution in [2.24, 2.45) is 0 Å². The number of hydrogen-bond donors (Lipinski definition) is 1. The van der Waals surface area contributed by atoms with E-state index in [9.17, 15) is 14.4 Å². The van der Waals surface area contributed by atoms with E-state index < -0.39 is 24.9 Å². The molecular formula is C12H20N2O5. The second-order valence-corrected chi connectivity index (χ2v) is 4.41. The van der Waals surface area contributed by atoms with E-state index >= 15 is 0 Å². The van der Waals surface area contributed by atoms with E-state index in [0.717, 1.165) is 12.8 Å². The Morgan fingerprint density at radius 1 is 1.37 bits per heavy atom. The van der Waals surface area contributed by atoms with Crippen LogP contribution in [-0.2, 0) is 19.1 Å². The van der Waals surface area contributed by atoms with Gasteiger partial charge in [0, 0.05) is 13.5 Å². The standard InChI is InChI=1S/C12H20N2O5/c1-13-7-11(16)18-8-19-12(17)14(2)9-5-3-4-6-10(9)15/h9,13H,3-8H2,1-2H3. The normalized spacial score (nSPS) is 18.8. The van der Waals surface area contributed by atoms with Crippen molar-refractivity contribution in [1.82, 2.24) is 10.2 Å². The summed E-state index contributed by atoms with van der Waals surface area (Å²) in [5.41, 5.74) is 0. The Kier molecular flexibility index (Phi) is 6.27. The largest absolute Gasteiger partial charge is 0.427 e. The van der Waals surface area contributed by atoms with Crippen LogP contribution in [0.3, 0.4) is 0 Å². The molecule has 1 aliphatic carbocycles. The van der Waals surface area contributed by atoms with Gasteiger partial charge in [-0.2, -0.15) is 0 Å². The smallest absolute Gasteiger partial charge is 0.413 e. The van der Waals surface area contributed by atoms with E-state index in [2.05, 4.69) is 10.1 Å². The lowest BCUT2D eigenvalue weighted by atomic mass is 9.93. The van der Waals surface area contributed by atoms with Gasteiger partial charge in [-0.3, -0.25) is 9.59 Å². The van der Waals surface area contributed by atoms with E-state index in [4.69, 9.17) is 4.74 Å². The van der Waals surface area contributed by atoms with Crippen molar-refractivity contribution in [1.29, 1.82) is 0 Å². The van der Waals surface area contributed by atoms with E-state index in [1.807, 2.05) is 0 Å². The molecule has 1 rings (SSSR count). The summed E-state index contributed by atoms with van der Waals surface area (Å²) in [6.45, 7) is -0.390. The van der Waals surface area contributed by atoms with Crippen LogP contribution in [-0.4, -0.2) is 56.2 Å². The fourth-order valence-corrected chi connectivity index (χ4v) is 1.94. The molecule has 0 aliphatic heterocycles. The second kappa shape index (κ2) is 7.73. The molecule has 0 aromatic rings. The summed E-state index contributed by atoms with van der Waals surface area (Å²) < 4.78 is 9.45. The molecule has 1 unspecified atom stereocenters. The van der Waals surface area contributed by atoms with Gasteiger partial charge in [-0.1, -0.05) is 6.42 Å². The van der Waals surface area contributed by atoms with Crippen LogP contribution in [0.1, 0.15) is 25.7 Å². The zero-order valence-electron chi connectivity index (χ0n) is 11.3. The Balaban J connectivity index is 2.32. The van der Waals surface area contributed by atoms with E-state index in [1.54, 1.807) is 7.05 Å². The van der Waals surface area contributed by atoms with Gasteiger partial charge in [0.15, 0.2) is 5.78 Å². The van der Waals surface area contributed by atoms with Gasteiger partial charge in [0.05, 0.1) is 12.6 Å². The number of esters is 1.